The van der Waals surface area contributed by atoms with E-state index in [0.29, 0.717) is 11.4 Å². The van der Waals surface area contributed by atoms with Crippen LogP contribution in [0, 0.1) is 6.92 Å². The van der Waals surface area contributed by atoms with E-state index in [1.54, 1.807) is 6.20 Å². The lowest BCUT2D eigenvalue weighted by Crippen LogP contribution is -2.10. The smallest absolute Gasteiger partial charge is 0.0975 e. The summed E-state index contributed by atoms with van der Waals surface area (Å²) in [5.74, 6) is 0. The van der Waals surface area contributed by atoms with Crippen molar-refractivity contribution in [2.45, 2.75) is 45.8 Å². The molecule has 0 aliphatic carbocycles. The van der Waals surface area contributed by atoms with Gasteiger partial charge in [0.15, 0.2) is 0 Å². The number of benzene rings is 1. The van der Waals surface area contributed by atoms with E-state index in [0.717, 1.165) is 25.1 Å². The fourth-order valence-corrected chi connectivity index (χ4v) is 2.56. The SMILES string of the molecule is CCCn1ncc(Cl)c1C(O)CCc1ccc(C)cc1. The Hall–Kier alpha value is -1.32. The van der Waals surface area contributed by atoms with Crippen molar-refractivity contribution >= 4 is 11.6 Å². The highest BCUT2D eigenvalue weighted by molar-refractivity contribution is 6.31. The molecule has 3 nitrogen and oxygen atoms in total. The summed E-state index contributed by atoms with van der Waals surface area (Å²) in [6, 6.07) is 8.39. The zero-order valence-electron chi connectivity index (χ0n) is 12.0. The minimum atomic E-state index is -0.571. The summed E-state index contributed by atoms with van der Waals surface area (Å²) in [6.07, 6.45) is 3.49. The average Bonchev–Trinajstić information content (AvgIpc) is 2.79. The summed E-state index contributed by atoms with van der Waals surface area (Å²) in [6.45, 7) is 4.93. The average molecular weight is 293 g/mol. The molecule has 0 spiro atoms. The lowest BCUT2D eigenvalue weighted by Gasteiger charge is -2.14. The molecule has 0 radical (unpaired) electrons. The summed E-state index contributed by atoms with van der Waals surface area (Å²) < 4.78 is 1.81. The van der Waals surface area contributed by atoms with Gasteiger partial charge >= 0.3 is 0 Å². The fraction of sp³-hybridized carbons (Fsp3) is 0.438. The maximum atomic E-state index is 10.4. The Kier molecular flexibility index (Phi) is 5.21. The molecular formula is C16H21ClN2O. The Balaban J connectivity index is 2.02. The zero-order chi connectivity index (χ0) is 14.5. The highest BCUT2D eigenvalue weighted by Crippen LogP contribution is 2.26. The molecule has 2 aromatic rings. The van der Waals surface area contributed by atoms with Crippen LogP contribution in [0.3, 0.4) is 0 Å². The second-order valence-corrected chi connectivity index (χ2v) is 5.55. The first-order valence-corrected chi connectivity index (χ1v) is 7.44. The van der Waals surface area contributed by atoms with E-state index < -0.39 is 6.10 Å². The summed E-state index contributed by atoms with van der Waals surface area (Å²) in [4.78, 5) is 0. The van der Waals surface area contributed by atoms with Crippen molar-refractivity contribution in [3.05, 3.63) is 52.3 Å². The van der Waals surface area contributed by atoms with Crippen molar-refractivity contribution in [2.24, 2.45) is 0 Å². The van der Waals surface area contributed by atoms with Crippen LogP contribution in [-0.4, -0.2) is 14.9 Å². The molecule has 0 fully saturated rings. The summed E-state index contributed by atoms with van der Waals surface area (Å²) in [5, 5.41) is 15.1. The van der Waals surface area contributed by atoms with Crippen molar-refractivity contribution in [3.8, 4) is 0 Å². The lowest BCUT2D eigenvalue weighted by atomic mass is 10.0. The van der Waals surface area contributed by atoms with Crippen molar-refractivity contribution < 1.29 is 5.11 Å². The number of nitrogens with zero attached hydrogens (tertiary/aromatic N) is 2. The Morgan fingerprint density at radius 3 is 2.65 bits per heavy atom. The Bertz CT molecular complexity index is 548. The van der Waals surface area contributed by atoms with Gasteiger partial charge in [0, 0.05) is 6.54 Å². The molecule has 0 amide bonds. The van der Waals surface area contributed by atoms with Crippen molar-refractivity contribution in [1.82, 2.24) is 9.78 Å². The Morgan fingerprint density at radius 1 is 1.30 bits per heavy atom. The van der Waals surface area contributed by atoms with Crippen LogP contribution in [0.4, 0.5) is 0 Å². The van der Waals surface area contributed by atoms with Crippen LogP contribution in [0.2, 0.25) is 5.02 Å². The molecule has 20 heavy (non-hydrogen) atoms. The summed E-state index contributed by atoms with van der Waals surface area (Å²) in [7, 11) is 0. The Morgan fingerprint density at radius 2 is 2.00 bits per heavy atom. The van der Waals surface area contributed by atoms with Crippen molar-refractivity contribution in [2.75, 3.05) is 0 Å². The molecule has 0 bridgehead atoms. The van der Waals surface area contributed by atoms with Crippen LogP contribution in [0.1, 0.15) is 42.7 Å². The lowest BCUT2D eigenvalue weighted by molar-refractivity contribution is 0.156. The van der Waals surface area contributed by atoms with Gasteiger partial charge in [-0.1, -0.05) is 48.4 Å². The predicted molar refractivity (Wildman–Crippen MR) is 82.0 cm³/mol. The molecule has 1 aromatic carbocycles. The predicted octanol–water partition coefficient (Wildman–Crippen LogP) is 3.92. The van der Waals surface area contributed by atoms with E-state index in [9.17, 15) is 5.11 Å². The standard InChI is InChI=1S/C16H21ClN2O/c1-3-10-19-16(14(17)11-18-19)15(20)9-8-13-6-4-12(2)5-7-13/h4-7,11,15,20H,3,8-10H2,1-2H3. The molecule has 1 heterocycles. The number of aryl methyl sites for hydroxylation is 3. The highest BCUT2D eigenvalue weighted by Gasteiger charge is 2.17. The molecule has 0 aliphatic heterocycles. The normalized spacial score (nSPS) is 12.6. The summed E-state index contributed by atoms with van der Waals surface area (Å²) in [5.41, 5.74) is 3.21. The van der Waals surface area contributed by atoms with Gasteiger partial charge in [0.05, 0.1) is 23.0 Å². The molecule has 1 N–H and O–H groups in total. The van der Waals surface area contributed by atoms with E-state index in [2.05, 4.69) is 43.2 Å². The summed E-state index contributed by atoms with van der Waals surface area (Å²) >= 11 is 6.13. The van der Waals surface area contributed by atoms with Gasteiger partial charge in [-0.2, -0.15) is 5.10 Å². The molecule has 0 saturated carbocycles. The number of rotatable bonds is 6. The van der Waals surface area contributed by atoms with Gasteiger partial charge in [-0.25, -0.2) is 0 Å². The van der Waals surface area contributed by atoms with Gasteiger partial charge in [0.25, 0.3) is 0 Å². The van der Waals surface area contributed by atoms with Gasteiger partial charge in [0.1, 0.15) is 0 Å². The maximum Gasteiger partial charge on any atom is 0.0975 e. The van der Waals surface area contributed by atoms with Crippen molar-refractivity contribution in [1.29, 1.82) is 0 Å². The second-order valence-electron chi connectivity index (χ2n) is 5.14. The van der Waals surface area contributed by atoms with E-state index in [4.69, 9.17) is 11.6 Å². The van der Waals surface area contributed by atoms with Gasteiger partial charge in [-0.15, -0.1) is 0 Å². The van der Waals surface area contributed by atoms with Crippen LogP contribution < -0.4 is 0 Å². The van der Waals surface area contributed by atoms with Gasteiger partial charge < -0.3 is 5.11 Å². The fourth-order valence-electron chi connectivity index (χ4n) is 2.29. The minimum Gasteiger partial charge on any atom is -0.387 e. The van der Waals surface area contributed by atoms with E-state index >= 15 is 0 Å². The number of aromatic nitrogens is 2. The van der Waals surface area contributed by atoms with E-state index in [-0.39, 0.29) is 0 Å². The first-order chi connectivity index (χ1) is 9.61. The first kappa shape index (κ1) is 15.1. The monoisotopic (exact) mass is 292 g/mol. The molecule has 1 atom stereocenters. The van der Waals surface area contributed by atoms with Crippen LogP contribution >= 0.6 is 11.6 Å². The number of hydrogen-bond acceptors (Lipinski definition) is 2. The molecule has 0 saturated heterocycles. The van der Waals surface area contributed by atoms with E-state index in [1.807, 2.05) is 4.68 Å². The minimum absolute atomic E-state index is 0.551. The third-order valence-corrected chi connectivity index (χ3v) is 3.70. The number of aliphatic hydroxyl groups is 1. The first-order valence-electron chi connectivity index (χ1n) is 7.06. The van der Waals surface area contributed by atoms with Crippen LogP contribution in [0.25, 0.3) is 0 Å². The Labute approximate surface area is 125 Å². The largest absolute Gasteiger partial charge is 0.387 e. The van der Waals surface area contributed by atoms with Gasteiger partial charge in [-0.3, -0.25) is 4.68 Å². The highest BCUT2D eigenvalue weighted by atomic mass is 35.5. The van der Waals surface area contributed by atoms with Gasteiger partial charge in [0.2, 0.25) is 0 Å². The molecule has 108 valence electrons. The van der Waals surface area contributed by atoms with Gasteiger partial charge in [-0.05, 0) is 31.7 Å². The van der Waals surface area contributed by atoms with Crippen LogP contribution in [-0.2, 0) is 13.0 Å². The van der Waals surface area contributed by atoms with Crippen LogP contribution in [0.15, 0.2) is 30.5 Å². The third-order valence-electron chi connectivity index (χ3n) is 3.41. The molecular weight excluding hydrogens is 272 g/mol. The zero-order valence-corrected chi connectivity index (χ0v) is 12.8. The number of hydrogen-bond donors (Lipinski definition) is 1. The molecule has 1 aromatic heterocycles. The van der Waals surface area contributed by atoms with Crippen molar-refractivity contribution in [3.63, 3.8) is 0 Å². The van der Waals surface area contributed by atoms with Crippen LogP contribution in [0.5, 0.6) is 0 Å². The quantitative estimate of drug-likeness (QED) is 0.876. The molecule has 1 unspecified atom stereocenters. The maximum absolute atomic E-state index is 10.4. The second kappa shape index (κ2) is 6.91. The third kappa shape index (κ3) is 3.62. The molecule has 4 heteroatoms. The number of aliphatic hydroxyl groups excluding tert-OH is 1. The topological polar surface area (TPSA) is 38.0 Å². The molecule has 0 aliphatic rings. The number of halogens is 1. The molecule has 2 rings (SSSR count). The van der Waals surface area contributed by atoms with E-state index in [1.165, 1.54) is 11.1 Å².